The summed E-state index contributed by atoms with van der Waals surface area (Å²) in [6, 6.07) is 16.4. The van der Waals surface area contributed by atoms with Gasteiger partial charge in [0.25, 0.3) is 0 Å². The Kier molecular flexibility index (Phi) is 5.40. The van der Waals surface area contributed by atoms with Gasteiger partial charge in [-0.05, 0) is 31.2 Å². The van der Waals surface area contributed by atoms with Gasteiger partial charge in [-0.25, -0.2) is 9.48 Å². The molecule has 3 rings (SSSR count). The Hall–Kier alpha value is -3.28. The van der Waals surface area contributed by atoms with Crippen LogP contribution in [0.1, 0.15) is 43.7 Å². The highest BCUT2D eigenvalue weighted by molar-refractivity contribution is 5.95. The lowest BCUT2D eigenvalue weighted by molar-refractivity contribution is 0.0698. The van der Waals surface area contributed by atoms with E-state index in [1.165, 1.54) is 0 Å². The number of hydrogen-bond acceptors (Lipinski definition) is 4. The van der Waals surface area contributed by atoms with Crippen molar-refractivity contribution in [3.8, 4) is 11.4 Å². The highest BCUT2D eigenvalue weighted by Crippen LogP contribution is 2.32. The fourth-order valence-electron chi connectivity index (χ4n) is 2.85. The SMILES string of the molecule is CCOc1ccccc1-n1nc(C(C)(C)C)cc1Nc1ccccc1C(=O)O. The molecule has 0 aliphatic rings. The molecule has 0 bridgehead atoms. The lowest BCUT2D eigenvalue weighted by Crippen LogP contribution is -2.13. The van der Waals surface area contributed by atoms with Crippen molar-refractivity contribution in [1.29, 1.82) is 0 Å². The van der Waals surface area contributed by atoms with Crippen molar-refractivity contribution in [2.24, 2.45) is 0 Å². The summed E-state index contributed by atoms with van der Waals surface area (Å²) in [4.78, 5) is 11.6. The molecule has 28 heavy (non-hydrogen) atoms. The first-order valence-electron chi connectivity index (χ1n) is 9.23. The molecule has 0 atom stereocenters. The molecule has 6 heteroatoms. The molecule has 0 radical (unpaired) electrons. The molecular formula is C22H25N3O3. The largest absolute Gasteiger partial charge is 0.492 e. The van der Waals surface area contributed by atoms with E-state index in [0.29, 0.717) is 23.9 Å². The van der Waals surface area contributed by atoms with E-state index in [1.54, 1.807) is 28.9 Å². The first kappa shape index (κ1) is 19.5. The normalized spacial score (nSPS) is 11.3. The molecule has 3 aromatic rings. The van der Waals surface area contributed by atoms with Crippen LogP contribution >= 0.6 is 0 Å². The fraction of sp³-hybridized carbons (Fsp3) is 0.273. The maximum atomic E-state index is 11.6. The summed E-state index contributed by atoms with van der Waals surface area (Å²) in [7, 11) is 0. The minimum absolute atomic E-state index is 0.172. The number of anilines is 2. The van der Waals surface area contributed by atoms with Crippen LogP contribution in [0.25, 0.3) is 5.69 Å². The number of carboxylic acid groups (broad SMARTS) is 1. The summed E-state index contributed by atoms with van der Waals surface area (Å²) in [6.45, 7) is 8.73. The Balaban J connectivity index is 2.14. The summed E-state index contributed by atoms with van der Waals surface area (Å²) < 4.78 is 7.54. The van der Waals surface area contributed by atoms with Crippen LogP contribution in [0.4, 0.5) is 11.5 Å². The Morgan fingerprint density at radius 1 is 1.14 bits per heavy atom. The molecule has 0 saturated carbocycles. The van der Waals surface area contributed by atoms with Gasteiger partial charge in [-0.2, -0.15) is 5.10 Å². The van der Waals surface area contributed by atoms with Gasteiger partial charge in [0.05, 0.1) is 23.6 Å². The smallest absolute Gasteiger partial charge is 0.337 e. The van der Waals surface area contributed by atoms with Gasteiger partial charge in [-0.3, -0.25) is 0 Å². The van der Waals surface area contributed by atoms with Crippen LogP contribution in [0, 0.1) is 0 Å². The lowest BCUT2D eigenvalue weighted by Gasteiger charge is -2.15. The number of hydrogen-bond donors (Lipinski definition) is 2. The molecule has 0 amide bonds. The van der Waals surface area contributed by atoms with Crippen molar-refractivity contribution >= 4 is 17.5 Å². The average molecular weight is 379 g/mol. The maximum absolute atomic E-state index is 11.6. The molecule has 0 aliphatic heterocycles. The van der Waals surface area contributed by atoms with E-state index in [2.05, 4.69) is 26.1 Å². The molecule has 146 valence electrons. The minimum Gasteiger partial charge on any atom is -0.492 e. The van der Waals surface area contributed by atoms with Crippen LogP contribution in [-0.2, 0) is 5.41 Å². The van der Waals surface area contributed by atoms with Crippen LogP contribution < -0.4 is 10.1 Å². The monoisotopic (exact) mass is 379 g/mol. The zero-order chi connectivity index (χ0) is 20.3. The van der Waals surface area contributed by atoms with Crippen molar-refractivity contribution < 1.29 is 14.6 Å². The molecule has 0 aliphatic carbocycles. The van der Waals surface area contributed by atoms with Gasteiger partial charge in [-0.15, -0.1) is 0 Å². The van der Waals surface area contributed by atoms with Crippen molar-refractivity contribution in [3.63, 3.8) is 0 Å². The third kappa shape index (κ3) is 4.01. The number of ether oxygens (including phenoxy) is 1. The van der Waals surface area contributed by atoms with Crippen LogP contribution in [0.2, 0.25) is 0 Å². The lowest BCUT2D eigenvalue weighted by atomic mass is 9.92. The third-order valence-electron chi connectivity index (χ3n) is 4.29. The predicted molar refractivity (Wildman–Crippen MR) is 110 cm³/mol. The zero-order valence-corrected chi connectivity index (χ0v) is 16.6. The van der Waals surface area contributed by atoms with E-state index >= 15 is 0 Å². The molecule has 0 saturated heterocycles. The Morgan fingerprint density at radius 3 is 2.50 bits per heavy atom. The number of nitrogens with one attached hydrogen (secondary N) is 1. The summed E-state index contributed by atoms with van der Waals surface area (Å²) in [6.07, 6.45) is 0. The van der Waals surface area contributed by atoms with Crippen molar-refractivity contribution in [2.75, 3.05) is 11.9 Å². The minimum atomic E-state index is -0.986. The number of para-hydroxylation sites is 3. The quantitative estimate of drug-likeness (QED) is 0.629. The van der Waals surface area contributed by atoms with E-state index in [4.69, 9.17) is 9.84 Å². The molecular weight excluding hydrogens is 354 g/mol. The van der Waals surface area contributed by atoms with Gasteiger partial charge < -0.3 is 15.2 Å². The van der Waals surface area contributed by atoms with Gasteiger partial charge in [0, 0.05) is 11.5 Å². The molecule has 0 unspecified atom stereocenters. The van der Waals surface area contributed by atoms with Crippen molar-refractivity contribution in [3.05, 3.63) is 65.9 Å². The highest BCUT2D eigenvalue weighted by atomic mass is 16.5. The van der Waals surface area contributed by atoms with Crippen LogP contribution in [0.3, 0.4) is 0 Å². The topological polar surface area (TPSA) is 76.4 Å². The maximum Gasteiger partial charge on any atom is 0.337 e. The van der Waals surface area contributed by atoms with Crippen LogP contribution in [0.15, 0.2) is 54.6 Å². The van der Waals surface area contributed by atoms with E-state index in [9.17, 15) is 9.90 Å². The van der Waals surface area contributed by atoms with Gasteiger partial charge in [0.15, 0.2) is 0 Å². The molecule has 6 nitrogen and oxygen atoms in total. The zero-order valence-electron chi connectivity index (χ0n) is 16.6. The van der Waals surface area contributed by atoms with Crippen LogP contribution in [0.5, 0.6) is 5.75 Å². The Labute approximate surface area is 164 Å². The number of benzene rings is 2. The molecule has 1 heterocycles. The van der Waals surface area contributed by atoms with Gasteiger partial charge in [0.1, 0.15) is 17.3 Å². The Bertz CT molecular complexity index is 987. The van der Waals surface area contributed by atoms with Crippen LogP contribution in [-0.4, -0.2) is 27.5 Å². The average Bonchev–Trinajstić information content (AvgIpc) is 3.07. The van der Waals surface area contributed by atoms with E-state index in [1.807, 2.05) is 37.3 Å². The summed E-state index contributed by atoms with van der Waals surface area (Å²) in [5, 5.41) is 17.5. The van der Waals surface area contributed by atoms with Crippen molar-refractivity contribution in [2.45, 2.75) is 33.1 Å². The second kappa shape index (κ2) is 7.76. The Morgan fingerprint density at radius 2 is 1.82 bits per heavy atom. The van der Waals surface area contributed by atoms with Crippen molar-refractivity contribution in [1.82, 2.24) is 9.78 Å². The standard InChI is InChI=1S/C22H25N3O3/c1-5-28-18-13-9-8-12-17(18)25-20(14-19(24-25)22(2,3)4)23-16-11-7-6-10-15(16)21(26)27/h6-14,23H,5H2,1-4H3,(H,26,27). The first-order chi connectivity index (χ1) is 13.3. The molecule has 1 aromatic heterocycles. The number of aromatic nitrogens is 2. The second-order valence-electron chi connectivity index (χ2n) is 7.45. The van der Waals surface area contributed by atoms with E-state index < -0.39 is 5.97 Å². The predicted octanol–water partition coefficient (Wildman–Crippen LogP) is 5.01. The molecule has 0 fully saturated rings. The van der Waals surface area contributed by atoms with E-state index in [-0.39, 0.29) is 11.0 Å². The third-order valence-corrected chi connectivity index (χ3v) is 4.29. The molecule has 0 spiro atoms. The second-order valence-corrected chi connectivity index (χ2v) is 7.45. The number of carboxylic acids is 1. The van der Waals surface area contributed by atoms with E-state index in [0.717, 1.165) is 11.4 Å². The summed E-state index contributed by atoms with van der Waals surface area (Å²) in [5.74, 6) is 0.397. The summed E-state index contributed by atoms with van der Waals surface area (Å²) in [5.41, 5.74) is 2.20. The number of carbonyl (C=O) groups is 1. The summed E-state index contributed by atoms with van der Waals surface area (Å²) >= 11 is 0. The van der Waals surface area contributed by atoms with Gasteiger partial charge in [0.2, 0.25) is 0 Å². The number of rotatable bonds is 6. The van der Waals surface area contributed by atoms with Gasteiger partial charge >= 0.3 is 5.97 Å². The fourth-order valence-corrected chi connectivity index (χ4v) is 2.85. The highest BCUT2D eigenvalue weighted by Gasteiger charge is 2.22. The number of aromatic carboxylic acids is 1. The first-order valence-corrected chi connectivity index (χ1v) is 9.23. The van der Waals surface area contributed by atoms with Gasteiger partial charge in [-0.1, -0.05) is 45.0 Å². The molecule has 2 aromatic carbocycles. The number of nitrogens with zero attached hydrogens (tertiary/aromatic N) is 2. The molecule has 2 N–H and O–H groups in total.